The number of β-lactam (4-membered cyclic amide) rings is 1. The zero-order valence-electron chi connectivity index (χ0n) is 29.6. The summed E-state index contributed by atoms with van der Waals surface area (Å²) in [6, 6.07) is 13.5. The first-order valence-electron chi connectivity index (χ1n) is 17.0. The molecule has 0 saturated carbocycles. The number of nitrogens with zero attached hydrogens (tertiary/aromatic N) is 4. The predicted octanol–water partition coefficient (Wildman–Crippen LogP) is 5.47. The first-order valence-corrected chi connectivity index (χ1v) is 17.0. The van der Waals surface area contributed by atoms with E-state index in [0.29, 0.717) is 36.3 Å². The lowest BCUT2D eigenvalue weighted by Crippen LogP contribution is -2.70. The summed E-state index contributed by atoms with van der Waals surface area (Å²) in [7, 11) is 3.00. The lowest BCUT2D eigenvalue weighted by Gasteiger charge is -2.47. The summed E-state index contributed by atoms with van der Waals surface area (Å²) < 4.78 is 47.3. The van der Waals surface area contributed by atoms with E-state index >= 15 is 0 Å². The van der Waals surface area contributed by atoms with Crippen LogP contribution in [0.2, 0.25) is 0 Å². The number of carbonyl (C=O) groups is 4. The lowest BCUT2D eigenvalue weighted by molar-refractivity contribution is -0.286. The van der Waals surface area contributed by atoms with E-state index < -0.39 is 47.8 Å². The molecule has 276 valence electrons. The van der Waals surface area contributed by atoms with Gasteiger partial charge in [0.05, 0.1) is 19.6 Å². The van der Waals surface area contributed by atoms with Crippen LogP contribution in [-0.2, 0) is 27.3 Å². The Labute approximate surface area is 299 Å². The third kappa shape index (κ3) is 7.72. The molecule has 13 nitrogen and oxygen atoms in total. The molecular formula is C37H41F2N5O8. The van der Waals surface area contributed by atoms with Crippen molar-refractivity contribution < 1.29 is 46.9 Å². The Morgan fingerprint density at radius 1 is 1.04 bits per heavy atom. The molecule has 6 rings (SSSR count). The Morgan fingerprint density at radius 3 is 2.46 bits per heavy atom. The highest BCUT2D eigenvalue weighted by Gasteiger charge is 2.55. The molecule has 2 fully saturated rings. The quantitative estimate of drug-likeness (QED) is 0.300. The minimum atomic E-state index is -3.74. The molecule has 5 amide bonds. The van der Waals surface area contributed by atoms with Gasteiger partial charge in [0.15, 0.2) is 11.5 Å². The number of likely N-dealkylation sites (N-methyl/N-ethyl adjacent to an activating group) is 1. The van der Waals surface area contributed by atoms with Crippen molar-refractivity contribution in [1.29, 1.82) is 0 Å². The van der Waals surface area contributed by atoms with Crippen LogP contribution in [0.3, 0.4) is 0 Å². The molecule has 1 aromatic heterocycles. The monoisotopic (exact) mass is 721 g/mol. The van der Waals surface area contributed by atoms with Crippen LogP contribution in [0.15, 0.2) is 60.8 Å². The van der Waals surface area contributed by atoms with E-state index in [2.05, 4.69) is 19.8 Å². The third-order valence-corrected chi connectivity index (χ3v) is 9.18. The van der Waals surface area contributed by atoms with Crippen molar-refractivity contribution in [3.05, 3.63) is 77.5 Å². The molecule has 0 radical (unpaired) electrons. The summed E-state index contributed by atoms with van der Waals surface area (Å²) in [5.41, 5.74) is 1.33. The van der Waals surface area contributed by atoms with Crippen LogP contribution >= 0.6 is 0 Å². The van der Waals surface area contributed by atoms with E-state index in [9.17, 15) is 28.0 Å². The van der Waals surface area contributed by atoms with Gasteiger partial charge in [-0.15, -0.1) is 8.78 Å². The summed E-state index contributed by atoms with van der Waals surface area (Å²) >= 11 is 0. The number of hydrogen-bond donors (Lipinski definition) is 1. The second kappa shape index (κ2) is 14.3. The number of ether oxygens (including phenoxy) is 4. The Hall–Kier alpha value is -5.47. The van der Waals surface area contributed by atoms with Crippen molar-refractivity contribution in [2.24, 2.45) is 5.92 Å². The predicted molar refractivity (Wildman–Crippen MR) is 183 cm³/mol. The Balaban J connectivity index is 1.18. The topological polar surface area (TPSA) is 140 Å². The van der Waals surface area contributed by atoms with Gasteiger partial charge in [-0.25, -0.2) is 14.6 Å². The molecule has 2 aromatic carbocycles. The van der Waals surface area contributed by atoms with Crippen LogP contribution in [0, 0.1) is 5.92 Å². The molecule has 0 bridgehead atoms. The Morgan fingerprint density at radius 2 is 1.77 bits per heavy atom. The van der Waals surface area contributed by atoms with Crippen molar-refractivity contribution >= 4 is 29.8 Å². The van der Waals surface area contributed by atoms with Crippen molar-refractivity contribution in [2.45, 2.75) is 70.4 Å². The number of pyridine rings is 1. The Bertz CT molecular complexity index is 1850. The number of methoxy groups -OCH3 is 1. The van der Waals surface area contributed by atoms with Crippen molar-refractivity contribution in [3.8, 4) is 17.2 Å². The van der Waals surface area contributed by atoms with Gasteiger partial charge in [0, 0.05) is 32.3 Å². The molecule has 52 heavy (non-hydrogen) atoms. The van der Waals surface area contributed by atoms with Crippen LogP contribution in [0.4, 0.5) is 24.2 Å². The number of aromatic nitrogens is 1. The maximum absolute atomic E-state index is 13.8. The number of likely N-dealkylation sites (tertiary alicyclic amines) is 2. The fourth-order valence-corrected chi connectivity index (χ4v) is 6.66. The first kappa shape index (κ1) is 36.3. The van der Waals surface area contributed by atoms with Gasteiger partial charge >= 0.3 is 18.4 Å². The number of fused-ring (bicyclic) bond motifs is 1. The summed E-state index contributed by atoms with van der Waals surface area (Å²) in [5.74, 6) is -1.28. The highest BCUT2D eigenvalue weighted by Crippen LogP contribution is 2.43. The molecule has 1 unspecified atom stereocenters. The number of benzene rings is 2. The van der Waals surface area contributed by atoms with Gasteiger partial charge < -0.3 is 29.2 Å². The Kier molecular flexibility index (Phi) is 9.97. The van der Waals surface area contributed by atoms with E-state index in [1.807, 2.05) is 12.1 Å². The van der Waals surface area contributed by atoms with Crippen molar-refractivity contribution in [1.82, 2.24) is 20.1 Å². The molecule has 0 spiro atoms. The van der Waals surface area contributed by atoms with Gasteiger partial charge in [-0.3, -0.25) is 19.4 Å². The van der Waals surface area contributed by atoms with Crippen molar-refractivity contribution in [3.63, 3.8) is 0 Å². The summed E-state index contributed by atoms with van der Waals surface area (Å²) in [5, 5.41) is 2.58. The normalized spacial score (nSPS) is 20.5. The van der Waals surface area contributed by atoms with Gasteiger partial charge in [-0.2, -0.15) is 0 Å². The van der Waals surface area contributed by atoms with Gasteiger partial charge in [-0.1, -0.05) is 18.2 Å². The smallest absolute Gasteiger partial charge is 0.497 e. The number of rotatable bonds is 8. The number of carbonyl (C=O) groups excluding carboxylic acids is 4. The number of hydrogen-bond acceptors (Lipinski definition) is 9. The maximum atomic E-state index is 13.8. The number of alkyl halides is 2. The van der Waals surface area contributed by atoms with Crippen LogP contribution in [0.5, 0.6) is 17.2 Å². The molecule has 2 saturated heterocycles. The molecule has 1 N–H and O–H groups in total. The molecule has 3 aliphatic rings. The second-order valence-electron chi connectivity index (χ2n) is 14.0. The number of imide groups is 1. The molecule has 4 heterocycles. The minimum absolute atomic E-state index is 0.0702. The van der Waals surface area contributed by atoms with Crippen LogP contribution in [0.25, 0.3) is 0 Å². The van der Waals surface area contributed by atoms with E-state index in [-0.39, 0.29) is 42.7 Å². The van der Waals surface area contributed by atoms with E-state index in [0.717, 1.165) is 10.5 Å². The van der Waals surface area contributed by atoms with Gasteiger partial charge in [-0.05, 0) is 93.1 Å². The minimum Gasteiger partial charge on any atom is -0.497 e. The zero-order valence-corrected chi connectivity index (χ0v) is 29.6. The highest BCUT2D eigenvalue weighted by atomic mass is 19.3. The molecular weight excluding hydrogens is 680 g/mol. The summed E-state index contributed by atoms with van der Waals surface area (Å²) in [6.45, 7) is 6.00. The molecule has 3 aliphatic heterocycles. The third-order valence-electron chi connectivity index (χ3n) is 9.18. The fraction of sp³-hybridized carbons (Fsp3) is 0.432. The number of anilines is 1. The largest absolute Gasteiger partial charge is 0.586 e. The SMILES string of the molecule is CNC(=O)[C@@H]1[C@@H](Cc2ccnc(N(Cc3ccc(OC)cc3)C(=O)OC(C)(C)C)c2)C(=O)N1C(=O)N1CCCC(c2ccc3c(c2)OC(F)(F)O3)C1. The number of nitrogens with one attached hydrogen (secondary N) is 1. The number of amides is 5. The number of halogens is 2. The first-order chi connectivity index (χ1) is 24.7. The van der Waals surface area contributed by atoms with Crippen LogP contribution in [0.1, 0.15) is 56.2 Å². The van der Waals surface area contributed by atoms with Gasteiger partial charge in [0.25, 0.3) is 0 Å². The van der Waals surface area contributed by atoms with E-state index in [4.69, 9.17) is 9.47 Å². The van der Waals surface area contributed by atoms with E-state index in [1.54, 1.807) is 58.2 Å². The molecule has 0 aliphatic carbocycles. The zero-order chi connectivity index (χ0) is 37.4. The second-order valence-corrected chi connectivity index (χ2v) is 14.0. The standard InChI is InChI=1S/C37H41F2N5O8/c1-36(2,3)52-35(48)43(20-22-8-11-26(49-5)12-9-22)30-18-23(14-15-41-30)17-27-31(32(45)40-4)44(33(27)46)34(47)42-16-6-7-25(21-42)24-10-13-28-29(19-24)51-37(38,39)50-28/h8-15,18-19,25,27,31H,6-7,16-17,20-21H2,1-5H3,(H,40,45)/t25?,27-,31+/m1/s1. The fourth-order valence-electron chi connectivity index (χ4n) is 6.66. The average molecular weight is 722 g/mol. The lowest BCUT2D eigenvalue weighted by atomic mass is 9.81. The van der Waals surface area contributed by atoms with Crippen molar-refractivity contribution in [2.75, 3.05) is 32.1 Å². The number of piperidine rings is 1. The van der Waals surface area contributed by atoms with Gasteiger partial charge in [0.2, 0.25) is 11.8 Å². The molecule has 15 heteroatoms. The van der Waals surface area contributed by atoms with Crippen LogP contribution in [-0.4, -0.2) is 83.9 Å². The highest BCUT2D eigenvalue weighted by molar-refractivity contribution is 6.09. The maximum Gasteiger partial charge on any atom is 0.586 e. The van der Waals surface area contributed by atoms with Gasteiger partial charge in [0.1, 0.15) is 23.2 Å². The molecule has 3 atom stereocenters. The summed E-state index contributed by atoms with van der Waals surface area (Å²) in [6.07, 6.45) is -1.47. The average Bonchev–Trinajstić information content (AvgIpc) is 3.43. The van der Waals surface area contributed by atoms with E-state index in [1.165, 1.54) is 35.2 Å². The summed E-state index contributed by atoms with van der Waals surface area (Å²) in [4.78, 5) is 62.5. The van der Waals surface area contributed by atoms with Crippen LogP contribution < -0.4 is 24.4 Å². The molecule has 3 aromatic rings. The number of urea groups is 1.